The molecule has 2 aliphatic rings. The molecule has 7 nitrogen and oxygen atoms in total. The lowest BCUT2D eigenvalue weighted by atomic mass is 9.95. The molecule has 0 saturated carbocycles. The molecule has 2 fully saturated rings. The third-order valence-corrected chi connectivity index (χ3v) is 8.80. The van der Waals surface area contributed by atoms with E-state index in [2.05, 4.69) is 19.9 Å². The van der Waals surface area contributed by atoms with Crippen LogP contribution in [0.1, 0.15) is 32.6 Å². The monoisotopic (exact) mass is 418 g/mol. The van der Waals surface area contributed by atoms with Crippen LogP contribution in [0.25, 0.3) is 0 Å². The van der Waals surface area contributed by atoms with Gasteiger partial charge in [0, 0.05) is 19.5 Å². The van der Waals surface area contributed by atoms with E-state index in [1.54, 1.807) is 0 Å². The molecule has 3 rings (SSSR count). The molecule has 0 bridgehead atoms. The topological polar surface area (TPSA) is 91.4 Å². The number of sulfonamides is 1. The molecular formula is C16H26N4O3S3. The number of hydrogen-bond acceptors (Lipinski definition) is 7. The Morgan fingerprint density at radius 1 is 1.27 bits per heavy atom. The number of anilines is 1. The van der Waals surface area contributed by atoms with Crippen molar-refractivity contribution in [3.8, 4) is 0 Å². The number of amides is 1. The first-order chi connectivity index (χ1) is 12.4. The minimum atomic E-state index is -3.57. The SMILES string of the molecule is CC(=O)Nc1ncc(S(=O)(=O)NCC2CCN(C3CCSCC3)CC2)s1. The minimum absolute atomic E-state index is 0.137. The Morgan fingerprint density at radius 2 is 1.96 bits per heavy atom. The second-order valence-electron chi connectivity index (χ2n) is 6.84. The van der Waals surface area contributed by atoms with E-state index in [4.69, 9.17) is 0 Å². The Bertz CT molecular complexity index is 708. The molecule has 0 aliphatic carbocycles. The average Bonchev–Trinajstić information content (AvgIpc) is 3.10. The normalized spacial score (nSPS) is 21.0. The summed E-state index contributed by atoms with van der Waals surface area (Å²) in [5.41, 5.74) is 0. The first kappa shape index (κ1) is 20.1. The van der Waals surface area contributed by atoms with Gasteiger partial charge in [-0.1, -0.05) is 11.3 Å². The van der Waals surface area contributed by atoms with Crippen molar-refractivity contribution < 1.29 is 13.2 Å². The highest BCUT2D eigenvalue weighted by molar-refractivity contribution is 7.99. The molecule has 0 unspecified atom stereocenters. The molecule has 10 heteroatoms. The molecule has 146 valence electrons. The van der Waals surface area contributed by atoms with Crippen molar-refractivity contribution in [3.63, 3.8) is 0 Å². The van der Waals surface area contributed by atoms with Crippen LogP contribution in [-0.4, -0.2) is 61.4 Å². The van der Waals surface area contributed by atoms with Crippen LogP contribution in [0.4, 0.5) is 5.13 Å². The largest absolute Gasteiger partial charge is 0.302 e. The zero-order valence-corrected chi connectivity index (χ0v) is 17.4. The molecule has 2 saturated heterocycles. The number of thiazole rings is 1. The minimum Gasteiger partial charge on any atom is -0.302 e. The Labute approximate surface area is 163 Å². The summed E-state index contributed by atoms with van der Waals surface area (Å²) >= 11 is 3.02. The van der Waals surface area contributed by atoms with E-state index in [1.165, 1.54) is 37.5 Å². The molecule has 0 spiro atoms. The molecular weight excluding hydrogens is 392 g/mol. The van der Waals surface area contributed by atoms with E-state index in [9.17, 15) is 13.2 Å². The van der Waals surface area contributed by atoms with Crippen molar-refractivity contribution >= 4 is 44.2 Å². The Kier molecular flexibility index (Phi) is 6.95. The van der Waals surface area contributed by atoms with Gasteiger partial charge in [0.25, 0.3) is 10.0 Å². The van der Waals surface area contributed by atoms with Crippen LogP contribution in [0.15, 0.2) is 10.4 Å². The van der Waals surface area contributed by atoms with Gasteiger partial charge >= 0.3 is 0 Å². The summed E-state index contributed by atoms with van der Waals surface area (Å²) in [6.07, 6.45) is 5.92. The fraction of sp³-hybridized carbons (Fsp3) is 0.750. The molecule has 26 heavy (non-hydrogen) atoms. The van der Waals surface area contributed by atoms with Gasteiger partial charge in [0.2, 0.25) is 5.91 Å². The van der Waals surface area contributed by atoms with Gasteiger partial charge in [-0.3, -0.25) is 4.79 Å². The van der Waals surface area contributed by atoms with Gasteiger partial charge in [0.05, 0.1) is 6.20 Å². The van der Waals surface area contributed by atoms with Gasteiger partial charge in [-0.25, -0.2) is 18.1 Å². The summed E-state index contributed by atoms with van der Waals surface area (Å²) < 4.78 is 27.7. The molecule has 0 atom stereocenters. The first-order valence-corrected chi connectivity index (χ1v) is 12.4. The summed E-state index contributed by atoms with van der Waals surface area (Å²) in [5, 5.41) is 2.81. The van der Waals surface area contributed by atoms with Crippen molar-refractivity contribution in [1.82, 2.24) is 14.6 Å². The predicted molar refractivity (Wildman–Crippen MR) is 106 cm³/mol. The van der Waals surface area contributed by atoms with E-state index in [-0.39, 0.29) is 10.1 Å². The lowest BCUT2D eigenvalue weighted by Crippen LogP contribution is -2.44. The number of rotatable bonds is 6. The summed E-state index contributed by atoms with van der Waals surface area (Å²) in [7, 11) is -3.57. The maximum atomic E-state index is 12.4. The average molecular weight is 419 g/mol. The molecule has 1 aromatic rings. The Morgan fingerprint density at radius 3 is 2.62 bits per heavy atom. The summed E-state index contributed by atoms with van der Waals surface area (Å²) in [5.74, 6) is 2.64. The van der Waals surface area contributed by atoms with Gasteiger partial charge in [0.15, 0.2) is 9.34 Å². The highest BCUT2D eigenvalue weighted by atomic mass is 32.2. The van der Waals surface area contributed by atoms with Crippen LogP contribution in [0.5, 0.6) is 0 Å². The first-order valence-electron chi connectivity index (χ1n) is 8.99. The maximum Gasteiger partial charge on any atom is 0.251 e. The zero-order chi connectivity index (χ0) is 18.6. The number of nitrogens with zero attached hydrogens (tertiary/aromatic N) is 2. The van der Waals surface area contributed by atoms with E-state index < -0.39 is 10.0 Å². The number of thioether (sulfide) groups is 1. The summed E-state index contributed by atoms with van der Waals surface area (Å²) in [6, 6.07) is 0.721. The van der Waals surface area contributed by atoms with E-state index >= 15 is 0 Å². The second kappa shape index (κ2) is 9.01. The maximum absolute atomic E-state index is 12.4. The Balaban J connectivity index is 1.46. The number of nitrogens with one attached hydrogen (secondary N) is 2. The zero-order valence-electron chi connectivity index (χ0n) is 14.9. The molecule has 2 N–H and O–H groups in total. The van der Waals surface area contributed by atoms with Crippen LogP contribution in [0.3, 0.4) is 0 Å². The van der Waals surface area contributed by atoms with Crippen LogP contribution < -0.4 is 10.0 Å². The quantitative estimate of drug-likeness (QED) is 0.734. The molecule has 2 aliphatic heterocycles. The highest BCUT2D eigenvalue weighted by Gasteiger charge is 2.27. The number of likely N-dealkylation sites (tertiary alicyclic amines) is 1. The summed E-state index contributed by atoms with van der Waals surface area (Å²) in [6.45, 7) is 3.96. The van der Waals surface area contributed by atoms with Crippen LogP contribution in [0, 0.1) is 5.92 Å². The van der Waals surface area contributed by atoms with E-state index in [1.807, 2.05) is 11.8 Å². The predicted octanol–water partition coefficient (Wildman–Crippen LogP) is 1.99. The van der Waals surface area contributed by atoms with Crippen LogP contribution >= 0.6 is 23.1 Å². The van der Waals surface area contributed by atoms with Gasteiger partial charge in [-0.05, 0) is 56.2 Å². The highest BCUT2D eigenvalue weighted by Crippen LogP contribution is 2.27. The van der Waals surface area contributed by atoms with Crippen molar-refractivity contribution in [1.29, 1.82) is 0 Å². The number of hydrogen-bond donors (Lipinski definition) is 2. The van der Waals surface area contributed by atoms with E-state index in [0.717, 1.165) is 43.3 Å². The fourth-order valence-corrected chi connectivity index (χ4v) is 6.78. The van der Waals surface area contributed by atoms with E-state index in [0.29, 0.717) is 17.6 Å². The number of carbonyl (C=O) groups excluding carboxylic acids is 1. The van der Waals surface area contributed by atoms with Crippen LogP contribution in [0.2, 0.25) is 0 Å². The van der Waals surface area contributed by atoms with Gasteiger partial charge in [-0.15, -0.1) is 0 Å². The van der Waals surface area contributed by atoms with Crippen molar-refractivity contribution in [3.05, 3.63) is 6.20 Å². The van der Waals surface area contributed by atoms with Crippen LogP contribution in [-0.2, 0) is 14.8 Å². The lowest BCUT2D eigenvalue weighted by Gasteiger charge is -2.39. The lowest BCUT2D eigenvalue weighted by molar-refractivity contribution is -0.114. The number of aromatic nitrogens is 1. The third kappa shape index (κ3) is 5.41. The molecule has 1 amide bonds. The number of carbonyl (C=O) groups is 1. The molecule has 3 heterocycles. The summed E-state index contributed by atoms with van der Waals surface area (Å²) in [4.78, 5) is 17.6. The fourth-order valence-electron chi connectivity index (χ4n) is 3.46. The Hall–Kier alpha value is -0.680. The molecule has 1 aromatic heterocycles. The molecule has 0 radical (unpaired) electrons. The standard InChI is InChI=1S/C16H26N4O3S3/c1-12(21)19-16-17-11-15(25-16)26(22,23)18-10-13-2-6-20(7-3-13)14-4-8-24-9-5-14/h11,13-14,18H,2-10H2,1H3,(H,17,19,21). The third-order valence-electron chi connectivity index (χ3n) is 4.95. The van der Waals surface area contributed by atoms with Gasteiger partial charge in [0.1, 0.15) is 0 Å². The van der Waals surface area contributed by atoms with Crippen molar-refractivity contribution in [2.24, 2.45) is 5.92 Å². The van der Waals surface area contributed by atoms with Crippen molar-refractivity contribution in [2.75, 3.05) is 36.5 Å². The second-order valence-corrected chi connectivity index (χ2v) is 11.1. The van der Waals surface area contributed by atoms with Gasteiger partial charge in [-0.2, -0.15) is 11.8 Å². The molecule has 0 aromatic carbocycles. The van der Waals surface area contributed by atoms with Crippen molar-refractivity contribution in [2.45, 2.75) is 42.9 Å². The van der Waals surface area contributed by atoms with Gasteiger partial charge < -0.3 is 10.2 Å². The number of piperidine rings is 1. The smallest absolute Gasteiger partial charge is 0.251 e.